The molecule has 1 saturated carbocycles. The van der Waals surface area contributed by atoms with Gasteiger partial charge in [0.15, 0.2) is 0 Å². The lowest BCUT2D eigenvalue weighted by Gasteiger charge is -2.17. The molecule has 0 unspecified atom stereocenters. The smallest absolute Gasteiger partial charge is 0.232 e. The Bertz CT molecular complexity index is 985. The van der Waals surface area contributed by atoms with Crippen molar-refractivity contribution >= 4 is 11.9 Å². The summed E-state index contributed by atoms with van der Waals surface area (Å²) in [5.41, 5.74) is 3.10. The van der Waals surface area contributed by atoms with Crippen LogP contribution >= 0.6 is 0 Å². The third-order valence-electron chi connectivity index (χ3n) is 4.93. The molecular weight excluding hydrogens is 332 g/mol. The Morgan fingerprint density at radius 2 is 2.12 bits per heavy atom. The second kappa shape index (κ2) is 5.65. The molecule has 0 N–H and O–H groups in total. The van der Waals surface area contributed by atoms with Gasteiger partial charge in [-0.1, -0.05) is 5.21 Å². The fourth-order valence-corrected chi connectivity index (χ4v) is 3.32. The molecule has 1 amide bonds. The van der Waals surface area contributed by atoms with Crippen LogP contribution in [0.15, 0.2) is 31.0 Å². The van der Waals surface area contributed by atoms with E-state index in [0.717, 1.165) is 24.2 Å². The molecule has 0 spiro atoms. The van der Waals surface area contributed by atoms with Gasteiger partial charge in [0.25, 0.3) is 0 Å². The predicted octanol–water partition coefficient (Wildman–Crippen LogP) is 0.865. The number of nitrogens with zero attached hydrogens (tertiary/aromatic N) is 8. The molecule has 1 saturated heterocycles. The summed E-state index contributed by atoms with van der Waals surface area (Å²) in [6, 6.07) is 0. The van der Waals surface area contributed by atoms with Crippen LogP contribution in [-0.2, 0) is 11.3 Å². The van der Waals surface area contributed by atoms with Crippen LogP contribution in [0.5, 0.6) is 0 Å². The maximum atomic E-state index is 12.2. The van der Waals surface area contributed by atoms with Gasteiger partial charge in [-0.15, -0.1) is 5.10 Å². The van der Waals surface area contributed by atoms with Gasteiger partial charge in [0.1, 0.15) is 11.4 Å². The number of fused-ring (bicyclic) bond motifs is 1. The number of aromatic nitrogens is 7. The molecule has 1 aliphatic heterocycles. The Balaban J connectivity index is 1.35. The fourth-order valence-electron chi connectivity index (χ4n) is 3.32. The van der Waals surface area contributed by atoms with Gasteiger partial charge in [0, 0.05) is 42.3 Å². The SMILES string of the molecule is Cc1nc(N2C[C@H]3C[C@H]3C2=O)ncc1Cn1cc(-c2cnccn2)nn1. The van der Waals surface area contributed by atoms with Crippen molar-refractivity contribution in [1.82, 2.24) is 34.9 Å². The average Bonchev–Trinajstić information content (AvgIpc) is 3.15. The van der Waals surface area contributed by atoms with Crippen molar-refractivity contribution in [3.63, 3.8) is 0 Å². The molecule has 0 aromatic carbocycles. The average molecular weight is 348 g/mol. The molecule has 1 aliphatic carbocycles. The predicted molar refractivity (Wildman–Crippen MR) is 90.9 cm³/mol. The first kappa shape index (κ1) is 15.1. The van der Waals surface area contributed by atoms with Gasteiger partial charge in [-0.2, -0.15) is 0 Å². The molecule has 9 nitrogen and oxygen atoms in total. The van der Waals surface area contributed by atoms with E-state index in [4.69, 9.17) is 0 Å². The number of hydrogen-bond acceptors (Lipinski definition) is 7. The van der Waals surface area contributed by atoms with Crippen molar-refractivity contribution in [3.8, 4) is 11.4 Å². The Morgan fingerprint density at radius 3 is 2.85 bits per heavy atom. The van der Waals surface area contributed by atoms with E-state index < -0.39 is 0 Å². The molecule has 5 rings (SSSR count). The Labute approximate surface area is 149 Å². The van der Waals surface area contributed by atoms with Crippen LogP contribution in [0.3, 0.4) is 0 Å². The zero-order chi connectivity index (χ0) is 17.7. The van der Waals surface area contributed by atoms with Gasteiger partial charge in [-0.3, -0.25) is 19.7 Å². The highest BCUT2D eigenvalue weighted by Crippen LogP contribution is 2.46. The molecule has 0 radical (unpaired) electrons. The zero-order valence-electron chi connectivity index (χ0n) is 14.1. The lowest BCUT2D eigenvalue weighted by molar-refractivity contribution is -0.118. The summed E-state index contributed by atoms with van der Waals surface area (Å²) in [6.45, 7) is 3.16. The lowest BCUT2D eigenvalue weighted by atomic mass is 10.2. The van der Waals surface area contributed by atoms with E-state index in [-0.39, 0.29) is 11.8 Å². The summed E-state index contributed by atoms with van der Waals surface area (Å²) in [5, 5.41) is 8.27. The first-order valence-corrected chi connectivity index (χ1v) is 8.49. The Hall–Kier alpha value is -3.23. The van der Waals surface area contributed by atoms with E-state index in [0.29, 0.717) is 29.8 Å². The minimum atomic E-state index is 0.159. The number of piperidine rings is 1. The summed E-state index contributed by atoms with van der Waals surface area (Å²) < 4.78 is 1.71. The summed E-state index contributed by atoms with van der Waals surface area (Å²) in [6.07, 6.45) is 9.48. The van der Waals surface area contributed by atoms with Gasteiger partial charge in [0.2, 0.25) is 11.9 Å². The summed E-state index contributed by atoms with van der Waals surface area (Å²) in [4.78, 5) is 31.1. The molecule has 3 aromatic heterocycles. The quantitative estimate of drug-likeness (QED) is 0.689. The highest BCUT2D eigenvalue weighted by atomic mass is 16.2. The van der Waals surface area contributed by atoms with Crippen LogP contribution in [0.25, 0.3) is 11.4 Å². The van der Waals surface area contributed by atoms with Gasteiger partial charge < -0.3 is 0 Å². The molecule has 9 heteroatoms. The van der Waals surface area contributed by atoms with E-state index in [1.807, 2.05) is 13.1 Å². The third-order valence-corrected chi connectivity index (χ3v) is 4.93. The van der Waals surface area contributed by atoms with Crippen molar-refractivity contribution < 1.29 is 4.79 Å². The van der Waals surface area contributed by atoms with Crippen LogP contribution in [0.2, 0.25) is 0 Å². The molecule has 0 bridgehead atoms. The van der Waals surface area contributed by atoms with Gasteiger partial charge >= 0.3 is 0 Å². The summed E-state index contributed by atoms with van der Waals surface area (Å²) >= 11 is 0. The summed E-state index contributed by atoms with van der Waals surface area (Å²) in [5.74, 6) is 1.36. The van der Waals surface area contributed by atoms with E-state index in [2.05, 4.69) is 30.2 Å². The largest absolute Gasteiger partial charge is 0.280 e. The van der Waals surface area contributed by atoms with Crippen LogP contribution in [0.1, 0.15) is 17.7 Å². The maximum Gasteiger partial charge on any atom is 0.232 e. The molecule has 3 aromatic rings. The first-order valence-electron chi connectivity index (χ1n) is 8.49. The number of carbonyl (C=O) groups excluding carboxylic acids is 1. The third kappa shape index (κ3) is 2.52. The first-order chi connectivity index (χ1) is 12.7. The number of aryl methyl sites for hydroxylation is 1. The van der Waals surface area contributed by atoms with Crippen molar-refractivity contribution in [2.45, 2.75) is 19.9 Å². The molecule has 130 valence electrons. The van der Waals surface area contributed by atoms with E-state index in [1.165, 1.54) is 0 Å². The zero-order valence-corrected chi connectivity index (χ0v) is 14.1. The van der Waals surface area contributed by atoms with Crippen molar-refractivity contribution in [3.05, 3.63) is 42.2 Å². The minimum Gasteiger partial charge on any atom is -0.280 e. The second-order valence-electron chi connectivity index (χ2n) is 6.72. The van der Waals surface area contributed by atoms with Gasteiger partial charge in [-0.25, -0.2) is 14.6 Å². The number of carbonyl (C=O) groups is 1. The van der Waals surface area contributed by atoms with Crippen molar-refractivity contribution in [2.24, 2.45) is 11.8 Å². The molecule has 2 atom stereocenters. The molecule has 2 aliphatic rings. The van der Waals surface area contributed by atoms with Crippen LogP contribution < -0.4 is 4.90 Å². The molecule has 2 fully saturated rings. The monoisotopic (exact) mass is 348 g/mol. The Morgan fingerprint density at radius 1 is 1.19 bits per heavy atom. The van der Waals surface area contributed by atoms with E-state index in [9.17, 15) is 4.79 Å². The fraction of sp³-hybridized carbons (Fsp3) is 0.353. The standard InChI is InChI=1S/C17H16N8O/c1-10-12(5-20-17(21-10)25-8-11-4-13(11)16(25)26)7-24-9-15(22-23-24)14-6-18-2-3-19-14/h2-3,5-6,9,11,13H,4,7-8H2,1H3/t11-,13-/m1/s1. The number of amides is 1. The lowest BCUT2D eigenvalue weighted by Crippen LogP contribution is -2.30. The van der Waals surface area contributed by atoms with Crippen LogP contribution in [0.4, 0.5) is 5.95 Å². The minimum absolute atomic E-state index is 0.159. The molecule has 4 heterocycles. The summed E-state index contributed by atoms with van der Waals surface area (Å²) in [7, 11) is 0. The van der Waals surface area contributed by atoms with Crippen molar-refractivity contribution in [2.75, 3.05) is 11.4 Å². The maximum absolute atomic E-state index is 12.2. The number of hydrogen-bond donors (Lipinski definition) is 0. The van der Waals surface area contributed by atoms with Gasteiger partial charge in [-0.05, 0) is 19.3 Å². The van der Waals surface area contributed by atoms with E-state index in [1.54, 1.807) is 34.4 Å². The Kier molecular flexibility index (Phi) is 3.27. The number of rotatable bonds is 4. The second-order valence-corrected chi connectivity index (χ2v) is 6.72. The number of anilines is 1. The molecule has 26 heavy (non-hydrogen) atoms. The topological polar surface area (TPSA) is 103 Å². The molecular formula is C17H16N8O. The van der Waals surface area contributed by atoms with E-state index >= 15 is 0 Å². The van der Waals surface area contributed by atoms with Crippen molar-refractivity contribution in [1.29, 1.82) is 0 Å². The highest BCUT2D eigenvalue weighted by molar-refractivity contribution is 5.98. The van der Waals surface area contributed by atoms with Crippen LogP contribution in [0, 0.1) is 18.8 Å². The van der Waals surface area contributed by atoms with Gasteiger partial charge in [0.05, 0.1) is 18.9 Å². The van der Waals surface area contributed by atoms with Crippen LogP contribution in [-0.4, -0.2) is 47.4 Å². The highest BCUT2D eigenvalue weighted by Gasteiger charge is 2.53. The normalized spacial score (nSPS) is 21.1.